The number of carbonyl (C=O) groups excluding carboxylic acids is 1. The zero-order chi connectivity index (χ0) is 21.8. The van der Waals surface area contributed by atoms with Crippen LogP contribution in [0.1, 0.15) is 0 Å². The first-order valence-corrected chi connectivity index (χ1v) is 5.54. The van der Waals surface area contributed by atoms with Gasteiger partial charge < -0.3 is 5.32 Å². The minimum atomic E-state index is -8.39. The van der Waals surface area contributed by atoms with Gasteiger partial charge in [0, 0.05) is 7.05 Å². The van der Waals surface area contributed by atoms with Gasteiger partial charge in [0.25, 0.3) is 5.91 Å². The molecule has 0 aliphatic carbocycles. The van der Waals surface area contributed by atoms with Gasteiger partial charge in [-0.05, 0) is 0 Å². The molecule has 0 aromatic rings. The van der Waals surface area contributed by atoms with Crippen molar-refractivity contribution in [2.24, 2.45) is 0 Å². The van der Waals surface area contributed by atoms with Gasteiger partial charge in [0.2, 0.25) is 0 Å². The quantitative estimate of drug-likeness (QED) is 0.636. The lowest BCUT2D eigenvalue weighted by atomic mass is 9.91. The van der Waals surface area contributed by atoms with Crippen LogP contribution in [0, 0.1) is 0 Å². The molecule has 156 valence electrons. The predicted molar refractivity (Wildman–Crippen MR) is 49.8 cm³/mol. The highest BCUT2D eigenvalue weighted by molar-refractivity contribution is 5.84. The van der Waals surface area contributed by atoms with E-state index in [0.717, 1.165) is 0 Å². The summed E-state index contributed by atoms with van der Waals surface area (Å²) in [6.45, 7) is 0. The zero-order valence-electron chi connectivity index (χ0n) is 11.6. The van der Waals surface area contributed by atoms with Gasteiger partial charge in [-0.25, -0.2) is 0 Å². The van der Waals surface area contributed by atoms with Crippen molar-refractivity contribution in [3.05, 3.63) is 0 Å². The Hall–Kier alpha value is -1.58. The van der Waals surface area contributed by atoms with Crippen molar-refractivity contribution in [1.82, 2.24) is 5.32 Å². The van der Waals surface area contributed by atoms with Crippen molar-refractivity contribution in [1.29, 1.82) is 0 Å². The SMILES string of the molecule is CNC(=O)C(F)(F)C(F)(F)C(F)(F)C(F)(F)C(F)(F)C(F)(F)C(F)(F)F. The standard InChI is InChI=1S/C9H4F15NO/c1-25-2(26)3(10,11)4(12,13)5(14,15)6(16,17)7(18,19)8(20,21)9(22,23)24/h1H3,(H,25,26). The van der Waals surface area contributed by atoms with Gasteiger partial charge in [-0.2, -0.15) is 65.9 Å². The first-order valence-electron chi connectivity index (χ1n) is 5.54. The highest BCUT2D eigenvalue weighted by atomic mass is 19.4. The number of alkyl halides is 15. The third-order valence-corrected chi connectivity index (χ3v) is 2.84. The molecule has 26 heavy (non-hydrogen) atoms. The Morgan fingerprint density at radius 2 is 0.808 bits per heavy atom. The molecule has 0 rings (SSSR count). The van der Waals surface area contributed by atoms with E-state index in [1.165, 1.54) is 0 Å². The zero-order valence-corrected chi connectivity index (χ0v) is 11.6. The molecule has 1 amide bonds. The molecule has 2 nitrogen and oxygen atoms in total. The Kier molecular flexibility index (Phi) is 5.60. The molecule has 0 fully saturated rings. The van der Waals surface area contributed by atoms with E-state index in [9.17, 15) is 70.7 Å². The lowest BCUT2D eigenvalue weighted by Crippen LogP contribution is -2.73. The van der Waals surface area contributed by atoms with Crippen LogP contribution in [0.2, 0.25) is 0 Å². The second-order valence-electron chi connectivity index (χ2n) is 4.52. The Bertz CT molecular complexity index is 548. The van der Waals surface area contributed by atoms with Crippen molar-refractivity contribution >= 4 is 5.91 Å². The molecule has 0 unspecified atom stereocenters. The Morgan fingerprint density at radius 1 is 0.538 bits per heavy atom. The molecule has 0 spiro atoms. The Morgan fingerprint density at radius 3 is 1.08 bits per heavy atom. The minimum absolute atomic E-state index is 0.0784. The molecule has 0 radical (unpaired) electrons. The van der Waals surface area contributed by atoms with Gasteiger partial charge in [-0.3, -0.25) is 4.79 Å². The van der Waals surface area contributed by atoms with Crippen LogP contribution in [0.15, 0.2) is 0 Å². The fraction of sp³-hybridized carbons (Fsp3) is 0.889. The van der Waals surface area contributed by atoms with E-state index in [2.05, 4.69) is 0 Å². The minimum Gasteiger partial charge on any atom is -0.354 e. The van der Waals surface area contributed by atoms with Crippen LogP contribution in [-0.2, 0) is 4.79 Å². The van der Waals surface area contributed by atoms with Gasteiger partial charge in [0.05, 0.1) is 0 Å². The van der Waals surface area contributed by atoms with E-state index in [0.29, 0.717) is 5.32 Å². The number of hydrogen-bond donors (Lipinski definition) is 1. The summed E-state index contributed by atoms with van der Waals surface area (Å²) in [6, 6.07) is 0. The molecule has 0 saturated heterocycles. The topological polar surface area (TPSA) is 29.1 Å². The normalized spacial score (nSPS) is 15.8. The van der Waals surface area contributed by atoms with Crippen molar-refractivity contribution in [2.45, 2.75) is 41.7 Å². The molecular weight excluding hydrogens is 423 g/mol. The van der Waals surface area contributed by atoms with Crippen LogP contribution in [0.3, 0.4) is 0 Å². The number of carbonyl (C=O) groups is 1. The van der Waals surface area contributed by atoms with E-state index >= 15 is 0 Å². The maximum atomic E-state index is 13.0. The molecule has 0 aliphatic rings. The predicted octanol–water partition coefficient (Wildman–Crippen LogP) is 4.11. The van der Waals surface area contributed by atoms with Crippen LogP contribution in [0.5, 0.6) is 0 Å². The third kappa shape index (κ3) is 2.82. The lowest BCUT2D eigenvalue weighted by molar-refractivity contribution is -0.449. The van der Waals surface area contributed by atoms with Crippen molar-refractivity contribution in [3.8, 4) is 0 Å². The lowest BCUT2D eigenvalue weighted by Gasteiger charge is -2.41. The van der Waals surface area contributed by atoms with Gasteiger partial charge in [-0.15, -0.1) is 0 Å². The molecule has 0 aromatic heterocycles. The van der Waals surface area contributed by atoms with Crippen LogP contribution in [-0.4, -0.2) is 54.7 Å². The first kappa shape index (κ1) is 24.4. The molecular formula is C9H4F15NO. The fourth-order valence-electron chi connectivity index (χ4n) is 1.27. The van der Waals surface area contributed by atoms with Crippen LogP contribution in [0.25, 0.3) is 0 Å². The second kappa shape index (κ2) is 5.97. The summed E-state index contributed by atoms with van der Waals surface area (Å²) in [6.07, 6.45) is -7.66. The monoisotopic (exact) mass is 427 g/mol. The number of rotatable bonds is 6. The number of halogens is 15. The third-order valence-electron chi connectivity index (χ3n) is 2.84. The molecule has 0 heterocycles. The van der Waals surface area contributed by atoms with Gasteiger partial charge in [-0.1, -0.05) is 0 Å². The maximum absolute atomic E-state index is 13.0. The molecule has 0 saturated carbocycles. The van der Waals surface area contributed by atoms with Crippen LogP contribution in [0.4, 0.5) is 65.9 Å². The summed E-state index contributed by atoms with van der Waals surface area (Å²) >= 11 is 0. The van der Waals surface area contributed by atoms with E-state index in [1.54, 1.807) is 0 Å². The summed E-state index contributed by atoms with van der Waals surface area (Å²) in [5, 5.41) is 0.565. The maximum Gasteiger partial charge on any atom is 0.460 e. The molecule has 0 atom stereocenters. The van der Waals surface area contributed by atoms with E-state index in [1.807, 2.05) is 0 Å². The fourth-order valence-corrected chi connectivity index (χ4v) is 1.27. The number of nitrogens with one attached hydrogen (secondary N) is 1. The second-order valence-corrected chi connectivity index (χ2v) is 4.52. The summed E-state index contributed by atoms with van der Waals surface area (Å²) < 4.78 is 190. The van der Waals surface area contributed by atoms with E-state index in [-0.39, 0.29) is 7.05 Å². The highest BCUT2D eigenvalue weighted by Crippen LogP contribution is 2.62. The molecule has 0 bridgehead atoms. The van der Waals surface area contributed by atoms with Gasteiger partial charge in [0.1, 0.15) is 0 Å². The summed E-state index contributed by atoms with van der Waals surface area (Å²) in [7, 11) is 0.0784. The van der Waals surface area contributed by atoms with Crippen LogP contribution >= 0.6 is 0 Å². The van der Waals surface area contributed by atoms with Gasteiger partial charge in [0.15, 0.2) is 0 Å². The average molecular weight is 427 g/mol. The Balaban J connectivity index is 6.56. The highest BCUT2D eigenvalue weighted by Gasteiger charge is 2.94. The van der Waals surface area contributed by atoms with Crippen molar-refractivity contribution in [2.75, 3.05) is 7.05 Å². The summed E-state index contributed by atoms with van der Waals surface area (Å²) in [5.74, 6) is -51.1. The largest absolute Gasteiger partial charge is 0.460 e. The molecule has 0 aliphatic heterocycles. The number of amides is 1. The molecule has 17 heteroatoms. The van der Waals surface area contributed by atoms with Crippen molar-refractivity contribution < 1.29 is 70.7 Å². The van der Waals surface area contributed by atoms with Crippen LogP contribution < -0.4 is 5.32 Å². The smallest absolute Gasteiger partial charge is 0.354 e. The number of hydrogen-bond acceptors (Lipinski definition) is 1. The average Bonchev–Trinajstić information content (AvgIpc) is 2.43. The summed E-state index contributed by atoms with van der Waals surface area (Å²) in [5.41, 5.74) is 0. The van der Waals surface area contributed by atoms with Gasteiger partial charge >= 0.3 is 41.7 Å². The molecule has 0 aromatic carbocycles. The molecule has 1 N–H and O–H groups in total. The van der Waals surface area contributed by atoms with E-state index < -0.39 is 47.6 Å². The first-order chi connectivity index (χ1) is 11.0. The summed E-state index contributed by atoms with van der Waals surface area (Å²) in [4.78, 5) is 10.4. The van der Waals surface area contributed by atoms with E-state index in [4.69, 9.17) is 0 Å². The van der Waals surface area contributed by atoms with Crippen molar-refractivity contribution in [3.63, 3.8) is 0 Å². The Labute approximate surface area is 132 Å².